The molecule has 1 fully saturated rings. The van der Waals surface area contributed by atoms with Gasteiger partial charge in [0.1, 0.15) is 29.2 Å². The van der Waals surface area contributed by atoms with E-state index in [1.54, 1.807) is 14.0 Å². The third-order valence-electron chi connectivity index (χ3n) is 4.59. The van der Waals surface area contributed by atoms with Gasteiger partial charge in [-0.3, -0.25) is 4.79 Å². The highest BCUT2D eigenvalue weighted by molar-refractivity contribution is 6.00. The number of aryl methyl sites for hydroxylation is 2. The zero-order valence-electron chi connectivity index (χ0n) is 14.5. The summed E-state index contributed by atoms with van der Waals surface area (Å²) in [5.74, 6) is 0.0651. The summed E-state index contributed by atoms with van der Waals surface area (Å²) in [5.41, 5.74) is 2.69. The lowest BCUT2D eigenvalue weighted by molar-refractivity contribution is -0.122. The predicted octanol–water partition coefficient (Wildman–Crippen LogP) is 1.15. The molecule has 134 valence electrons. The first-order valence-electron chi connectivity index (χ1n) is 8.14. The Morgan fingerprint density at radius 2 is 1.88 bits per heavy atom. The standard InChI is InChI=1S/C18H22N2O5/c1-10-4-6-12(7-5-10)16-15(11(2)25-19-16)18(23)20(3)13-8-24-9-14(21)17(13)22/h4-7,13-14,17,21-22H,8-9H2,1-3H3/t13-,14-,17+/m1/s1. The van der Waals surface area contributed by atoms with E-state index in [4.69, 9.17) is 9.26 Å². The van der Waals surface area contributed by atoms with Crippen molar-refractivity contribution < 1.29 is 24.3 Å². The number of hydrogen-bond donors (Lipinski definition) is 2. The molecule has 1 aromatic heterocycles. The highest BCUT2D eigenvalue weighted by Gasteiger charge is 2.37. The van der Waals surface area contributed by atoms with Crippen LogP contribution >= 0.6 is 0 Å². The van der Waals surface area contributed by atoms with Gasteiger partial charge in [0, 0.05) is 12.6 Å². The Morgan fingerprint density at radius 1 is 1.20 bits per heavy atom. The van der Waals surface area contributed by atoms with Crippen molar-refractivity contribution in [3.05, 3.63) is 41.2 Å². The van der Waals surface area contributed by atoms with Crippen molar-refractivity contribution >= 4 is 5.91 Å². The molecule has 0 bridgehead atoms. The van der Waals surface area contributed by atoms with Gasteiger partial charge in [0.25, 0.3) is 5.91 Å². The second kappa shape index (κ2) is 6.95. The minimum atomic E-state index is -1.06. The number of amides is 1. The van der Waals surface area contributed by atoms with Crippen molar-refractivity contribution in [2.45, 2.75) is 32.1 Å². The summed E-state index contributed by atoms with van der Waals surface area (Å²) in [6, 6.07) is 6.99. The lowest BCUT2D eigenvalue weighted by Crippen LogP contribution is -2.56. The van der Waals surface area contributed by atoms with Crippen molar-refractivity contribution in [1.29, 1.82) is 0 Å². The number of rotatable bonds is 3. The molecule has 1 amide bonds. The summed E-state index contributed by atoms with van der Waals surface area (Å²) >= 11 is 0. The molecule has 0 aliphatic carbocycles. The van der Waals surface area contributed by atoms with Gasteiger partial charge in [0.2, 0.25) is 0 Å². The Bertz CT molecular complexity index is 755. The first-order valence-corrected chi connectivity index (χ1v) is 8.14. The van der Waals surface area contributed by atoms with Gasteiger partial charge in [-0.05, 0) is 13.8 Å². The number of ether oxygens (including phenoxy) is 1. The SMILES string of the molecule is Cc1ccc(-c2noc(C)c2C(=O)N(C)[C@@H]2COC[C@@H](O)[C@H]2O)cc1. The van der Waals surface area contributed by atoms with Crippen LogP contribution in [0.25, 0.3) is 11.3 Å². The topological polar surface area (TPSA) is 96.0 Å². The second-order valence-electron chi connectivity index (χ2n) is 6.41. The van der Waals surface area contributed by atoms with E-state index >= 15 is 0 Å². The fourth-order valence-corrected chi connectivity index (χ4v) is 2.96. The number of aliphatic hydroxyl groups excluding tert-OH is 2. The monoisotopic (exact) mass is 346 g/mol. The summed E-state index contributed by atoms with van der Waals surface area (Å²) in [7, 11) is 1.57. The Labute approximate surface area is 145 Å². The molecule has 1 aromatic carbocycles. The predicted molar refractivity (Wildman–Crippen MR) is 90.1 cm³/mol. The van der Waals surface area contributed by atoms with E-state index in [1.807, 2.05) is 31.2 Å². The highest BCUT2D eigenvalue weighted by Crippen LogP contribution is 2.28. The van der Waals surface area contributed by atoms with E-state index in [9.17, 15) is 15.0 Å². The summed E-state index contributed by atoms with van der Waals surface area (Å²) in [5, 5.41) is 24.0. The number of carbonyl (C=O) groups excluding carboxylic acids is 1. The number of carbonyl (C=O) groups is 1. The van der Waals surface area contributed by atoms with Crippen LogP contribution in [-0.4, -0.2) is 64.7 Å². The average Bonchev–Trinajstić information content (AvgIpc) is 2.98. The van der Waals surface area contributed by atoms with Gasteiger partial charge in [-0.2, -0.15) is 0 Å². The van der Waals surface area contributed by atoms with Crippen LogP contribution < -0.4 is 0 Å². The molecule has 1 aliphatic heterocycles. The van der Waals surface area contributed by atoms with Crippen molar-refractivity contribution in [1.82, 2.24) is 10.1 Å². The molecule has 2 heterocycles. The van der Waals surface area contributed by atoms with Gasteiger partial charge in [-0.15, -0.1) is 0 Å². The molecule has 25 heavy (non-hydrogen) atoms. The second-order valence-corrected chi connectivity index (χ2v) is 6.41. The summed E-state index contributed by atoms with van der Waals surface area (Å²) in [4.78, 5) is 14.4. The molecular weight excluding hydrogens is 324 g/mol. The Kier molecular flexibility index (Phi) is 4.89. The molecule has 3 rings (SSSR count). The molecule has 3 atom stereocenters. The van der Waals surface area contributed by atoms with Crippen molar-refractivity contribution in [3.63, 3.8) is 0 Å². The summed E-state index contributed by atoms with van der Waals surface area (Å²) < 4.78 is 10.5. The van der Waals surface area contributed by atoms with E-state index in [1.165, 1.54) is 4.90 Å². The van der Waals surface area contributed by atoms with Crippen LogP contribution in [0.4, 0.5) is 0 Å². The van der Waals surface area contributed by atoms with Crippen LogP contribution in [0, 0.1) is 13.8 Å². The first kappa shape index (κ1) is 17.6. The quantitative estimate of drug-likeness (QED) is 0.866. The van der Waals surface area contributed by atoms with Crippen molar-refractivity contribution in [2.75, 3.05) is 20.3 Å². The molecule has 0 saturated carbocycles. The molecule has 7 nitrogen and oxygen atoms in total. The smallest absolute Gasteiger partial charge is 0.259 e. The first-order chi connectivity index (χ1) is 11.9. The molecule has 0 unspecified atom stereocenters. The number of hydrogen-bond acceptors (Lipinski definition) is 6. The normalized spacial score (nSPS) is 23.5. The fourth-order valence-electron chi connectivity index (χ4n) is 2.96. The number of benzene rings is 1. The van der Waals surface area contributed by atoms with E-state index in [0.717, 1.165) is 11.1 Å². The number of aliphatic hydroxyl groups is 2. The molecular formula is C18H22N2O5. The number of likely N-dealkylation sites (N-methyl/N-ethyl adjacent to an activating group) is 1. The zero-order valence-corrected chi connectivity index (χ0v) is 14.5. The molecule has 7 heteroatoms. The maximum atomic E-state index is 13.0. The molecule has 1 saturated heterocycles. The third-order valence-corrected chi connectivity index (χ3v) is 4.59. The van der Waals surface area contributed by atoms with Crippen LogP contribution in [-0.2, 0) is 4.74 Å². The van der Waals surface area contributed by atoms with Gasteiger partial charge in [0.05, 0.1) is 19.3 Å². The van der Waals surface area contributed by atoms with Crippen LogP contribution in [0.15, 0.2) is 28.8 Å². The van der Waals surface area contributed by atoms with E-state index in [-0.39, 0.29) is 19.1 Å². The maximum absolute atomic E-state index is 13.0. The molecule has 0 radical (unpaired) electrons. The van der Waals surface area contributed by atoms with Crippen molar-refractivity contribution in [3.8, 4) is 11.3 Å². The van der Waals surface area contributed by atoms with Crippen LogP contribution in [0.2, 0.25) is 0 Å². The van der Waals surface area contributed by atoms with Crippen molar-refractivity contribution in [2.24, 2.45) is 0 Å². The maximum Gasteiger partial charge on any atom is 0.259 e. The average molecular weight is 346 g/mol. The zero-order chi connectivity index (χ0) is 18.1. The fraction of sp³-hybridized carbons (Fsp3) is 0.444. The summed E-state index contributed by atoms with van der Waals surface area (Å²) in [6.45, 7) is 3.87. The summed E-state index contributed by atoms with van der Waals surface area (Å²) in [6.07, 6.45) is -2.08. The van der Waals surface area contributed by atoms with Gasteiger partial charge in [-0.1, -0.05) is 35.0 Å². The Hall–Kier alpha value is -2.22. The van der Waals surface area contributed by atoms with E-state index in [2.05, 4.69) is 5.16 Å². The Morgan fingerprint density at radius 3 is 2.56 bits per heavy atom. The lowest BCUT2D eigenvalue weighted by Gasteiger charge is -2.37. The van der Waals surface area contributed by atoms with Gasteiger partial charge >= 0.3 is 0 Å². The van der Waals surface area contributed by atoms with Crippen LogP contribution in [0.1, 0.15) is 21.7 Å². The molecule has 0 spiro atoms. The molecule has 1 aliphatic rings. The molecule has 2 aromatic rings. The van der Waals surface area contributed by atoms with Gasteiger partial charge < -0.3 is 24.4 Å². The third kappa shape index (κ3) is 3.30. The lowest BCUT2D eigenvalue weighted by atomic mass is 10.00. The van der Waals surface area contributed by atoms with Crippen LogP contribution in [0.5, 0.6) is 0 Å². The van der Waals surface area contributed by atoms with Gasteiger partial charge in [-0.25, -0.2) is 0 Å². The minimum Gasteiger partial charge on any atom is -0.388 e. The Balaban J connectivity index is 1.92. The highest BCUT2D eigenvalue weighted by atomic mass is 16.5. The van der Waals surface area contributed by atoms with Crippen LogP contribution in [0.3, 0.4) is 0 Å². The van der Waals surface area contributed by atoms with E-state index in [0.29, 0.717) is 17.0 Å². The number of aromatic nitrogens is 1. The molecule has 2 N–H and O–H groups in total. The van der Waals surface area contributed by atoms with Gasteiger partial charge in [0.15, 0.2) is 0 Å². The largest absolute Gasteiger partial charge is 0.388 e. The minimum absolute atomic E-state index is 0.0562. The number of nitrogens with zero attached hydrogens (tertiary/aromatic N) is 2. The van der Waals surface area contributed by atoms with E-state index < -0.39 is 18.2 Å².